The minimum absolute atomic E-state index is 0.208. The van der Waals surface area contributed by atoms with Gasteiger partial charge in [0, 0.05) is 6.20 Å². The second-order valence-electron chi connectivity index (χ2n) is 3.42. The molecule has 0 amide bonds. The molecule has 1 N–H and O–H groups in total. The first-order chi connectivity index (χ1) is 7.17. The van der Waals surface area contributed by atoms with Crippen LogP contribution in [0.2, 0.25) is 5.02 Å². The Kier molecular flexibility index (Phi) is 4.60. The summed E-state index contributed by atoms with van der Waals surface area (Å²) in [5.41, 5.74) is 0.795. The molecule has 1 atom stereocenters. The van der Waals surface area contributed by atoms with Gasteiger partial charge in [-0.05, 0) is 19.9 Å². The summed E-state index contributed by atoms with van der Waals surface area (Å²) < 4.78 is 1.70. The van der Waals surface area contributed by atoms with Gasteiger partial charge in [-0.15, -0.1) is 0 Å². The van der Waals surface area contributed by atoms with Crippen molar-refractivity contribution in [3.05, 3.63) is 16.9 Å². The summed E-state index contributed by atoms with van der Waals surface area (Å²) in [6.07, 6.45) is 2.76. The minimum atomic E-state index is -0.208. The first-order valence-corrected chi connectivity index (χ1v) is 5.37. The van der Waals surface area contributed by atoms with Crippen LogP contribution < -0.4 is 5.32 Å². The fraction of sp³-hybridized carbons (Fsp3) is 0.600. The van der Waals surface area contributed by atoms with Crippen molar-refractivity contribution < 1.29 is 0 Å². The molecule has 82 valence electrons. The van der Waals surface area contributed by atoms with E-state index in [0.29, 0.717) is 11.6 Å². The van der Waals surface area contributed by atoms with Crippen molar-refractivity contribution in [2.45, 2.75) is 32.9 Å². The second kappa shape index (κ2) is 5.74. The van der Waals surface area contributed by atoms with Gasteiger partial charge in [-0.1, -0.05) is 18.5 Å². The predicted octanol–water partition coefficient (Wildman–Crippen LogP) is 1.74. The standard InChI is InChI=1S/C10H15ClN4/c1-3-4-13-9(5-12)6-15-7-10(11)8(2)14-15/h7,9,13H,3-4,6H2,1-2H3. The number of halogens is 1. The van der Waals surface area contributed by atoms with Crippen LogP contribution in [0.4, 0.5) is 0 Å². The van der Waals surface area contributed by atoms with Gasteiger partial charge in [0.05, 0.1) is 23.3 Å². The number of hydrogen-bond acceptors (Lipinski definition) is 3. The fourth-order valence-electron chi connectivity index (χ4n) is 1.24. The highest BCUT2D eigenvalue weighted by molar-refractivity contribution is 6.31. The first-order valence-electron chi connectivity index (χ1n) is 5.00. The third-order valence-corrected chi connectivity index (χ3v) is 2.42. The van der Waals surface area contributed by atoms with Crippen molar-refractivity contribution in [1.82, 2.24) is 15.1 Å². The quantitative estimate of drug-likeness (QED) is 0.832. The van der Waals surface area contributed by atoms with E-state index in [1.165, 1.54) is 0 Å². The van der Waals surface area contributed by atoms with Crippen molar-refractivity contribution in [2.75, 3.05) is 6.54 Å². The van der Waals surface area contributed by atoms with Gasteiger partial charge < -0.3 is 5.32 Å². The molecule has 4 nitrogen and oxygen atoms in total. The molecule has 0 aliphatic rings. The molecular weight excluding hydrogens is 212 g/mol. The SMILES string of the molecule is CCCNC(C#N)Cn1cc(Cl)c(C)n1. The molecular formula is C10H15ClN4. The Balaban J connectivity index is 2.55. The van der Waals surface area contributed by atoms with Crippen molar-refractivity contribution >= 4 is 11.6 Å². The molecule has 0 aromatic carbocycles. The maximum atomic E-state index is 8.90. The molecule has 15 heavy (non-hydrogen) atoms. The summed E-state index contributed by atoms with van der Waals surface area (Å²) in [7, 11) is 0. The molecule has 5 heteroatoms. The van der Waals surface area contributed by atoms with Crippen LogP contribution in [0.15, 0.2) is 6.20 Å². The summed E-state index contributed by atoms with van der Waals surface area (Å²) >= 11 is 5.87. The van der Waals surface area contributed by atoms with E-state index < -0.39 is 0 Å². The zero-order valence-corrected chi connectivity index (χ0v) is 9.75. The molecule has 1 unspecified atom stereocenters. The van der Waals surface area contributed by atoms with E-state index in [0.717, 1.165) is 18.7 Å². The Morgan fingerprint density at radius 3 is 2.93 bits per heavy atom. The van der Waals surface area contributed by atoms with Crippen LogP contribution in [0, 0.1) is 18.3 Å². The van der Waals surface area contributed by atoms with Gasteiger partial charge in [0.2, 0.25) is 0 Å². The monoisotopic (exact) mass is 226 g/mol. The van der Waals surface area contributed by atoms with Gasteiger partial charge in [0.25, 0.3) is 0 Å². The van der Waals surface area contributed by atoms with E-state index in [2.05, 4.69) is 23.4 Å². The lowest BCUT2D eigenvalue weighted by atomic mass is 10.3. The molecule has 0 bridgehead atoms. The molecule has 0 fully saturated rings. The summed E-state index contributed by atoms with van der Waals surface area (Å²) in [6.45, 7) is 5.28. The summed E-state index contributed by atoms with van der Waals surface area (Å²) in [4.78, 5) is 0. The third kappa shape index (κ3) is 3.54. The van der Waals surface area contributed by atoms with E-state index in [9.17, 15) is 0 Å². The van der Waals surface area contributed by atoms with Crippen LogP contribution in [-0.2, 0) is 6.54 Å². The van der Waals surface area contributed by atoms with Gasteiger partial charge in [-0.3, -0.25) is 4.68 Å². The zero-order chi connectivity index (χ0) is 11.3. The lowest BCUT2D eigenvalue weighted by molar-refractivity contribution is 0.489. The van der Waals surface area contributed by atoms with Gasteiger partial charge in [0.15, 0.2) is 0 Å². The Bertz CT molecular complexity index is 333. The number of hydrogen-bond donors (Lipinski definition) is 1. The number of rotatable bonds is 5. The number of nitrogens with one attached hydrogen (secondary N) is 1. The average Bonchev–Trinajstić information content (AvgIpc) is 2.53. The molecule has 0 saturated heterocycles. The number of nitriles is 1. The predicted molar refractivity (Wildman–Crippen MR) is 59.7 cm³/mol. The lowest BCUT2D eigenvalue weighted by Gasteiger charge is -2.10. The van der Waals surface area contributed by atoms with Gasteiger partial charge >= 0.3 is 0 Å². The van der Waals surface area contributed by atoms with Crippen molar-refractivity contribution in [3.63, 3.8) is 0 Å². The number of aryl methyl sites for hydroxylation is 1. The first kappa shape index (κ1) is 12.0. The van der Waals surface area contributed by atoms with Crippen LogP contribution in [-0.4, -0.2) is 22.4 Å². The number of nitrogens with zero attached hydrogens (tertiary/aromatic N) is 3. The highest BCUT2D eigenvalue weighted by Crippen LogP contribution is 2.12. The van der Waals surface area contributed by atoms with Crippen molar-refractivity contribution in [2.24, 2.45) is 0 Å². The highest BCUT2D eigenvalue weighted by Gasteiger charge is 2.09. The fourth-order valence-corrected chi connectivity index (χ4v) is 1.39. The third-order valence-electron chi connectivity index (χ3n) is 2.05. The summed E-state index contributed by atoms with van der Waals surface area (Å²) in [5, 5.41) is 16.9. The molecule has 0 spiro atoms. The Hall–Kier alpha value is -1.05. The molecule has 0 saturated carbocycles. The van der Waals surface area contributed by atoms with Gasteiger partial charge in [0.1, 0.15) is 6.04 Å². The van der Waals surface area contributed by atoms with Gasteiger partial charge in [-0.25, -0.2) is 0 Å². The maximum absolute atomic E-state index is 8.90. The van der Waals surface area contributed by atoms with E-state index in [1.54, 1.807) is 10.9 Å². The van der Waals surface area contributed by atoms with E-state index in [-0.39, 0.29) is 6.04 Å². The smallest absolute Gasteiger partial charge is 0.115 e. The molecule has 0 aliphatic heterocycles. The second-order valence-corrected chi connectivity index (χ2v) is 3.83. The van der Waals surface area contributed by atoms with E-state index in [4.69, 9.17) is 16.9 Å². The normalized spacial score (nSPS) is 12.4. The van der Waals surface area contributed by atoms with Crippen LogP contribution in [0.1, 0.15) is 19.0 Å². The van der Waals surface area contributed by atoms with Crippen LogP contribution in [0.5, 0.6) is 0 Å². The Morgan fingerprint density at radius 2 is 2.47 bits per heavy atom. The maximum Gasteiger partial charge on any atom is 0.115 e. The van der Waals surface area contributed by atoms with Crippen LogP contribution >= 0.6 is 11.6 Å². The topological polar surface area (TPSA) is 53.6 Å². The largest absolute Gasteiger partial charge is 0.300 e. The molecule has 0 radical (unpaired) electrons. The Morgan fingerprint density at radius 1 is 1.73 bits per heavy atom. The minimum Gasteiger partial charge on any atom is -0.300 e. The van der Waals surface area contributed by atoms with Crippen molar-refractivity contribution in [3.8, 4) is 6.07 Å². The van der Waals surface area contributed by atoms with E-state index in [1.807, 2.05) is 6.92 Å². The summed E-state index contributed by atoms with van der Waals surface area (Å²) in [5.74, 6) is 0. The van der Waals surface area contributed by atoms with Crippen LogP contribution in [0.25, 0.3) is 0 Å². The molecule has 0 aliphatic carbocycles. The molecule has 1 rings (SSSR count). The van der Waals surface area contributed by atoms with Gasteiger partial charge in [-0.2, -0.15) is 10.4 Å². The molecule has 1 aromatic heterocycles. The molecule has 1 heterocycles. The lowest BCUT2D eigenvalue weighted by Crippen LogP contribution is -2.32. The summed E-state index contributed by atoms with van der Waals surface area (Å²) in [6, 6.07) is 1.99. The van der Waals surface area contributed by atoms with Crippen molar-refractivity contribution in [1.29, 1.82) is 5.26 Å². The number of aromatic nitrogens is 2. The van der Waals surface area contributed by atoms with Crippen LogP contribution in [0.3, 0.4) is 0 Å². The van der Waals surface area contributed by atoms with E-state index >= 15 is 0 Å². The Labute approximate surface area is 94.8 Å². The zero-order valence-electron chi connectivity index (χ0n) is 9.00. The average molecular weight is 227 g/mol. The highest BCUT2D eigenvalue weighted by atomic mass is 35.5. The molecule has 1 aromatic rings.